The highest BCUT2D eigenvalue weighted by molar-refractivity contribution is 7.91. The van der Waals surface area contributed by atoms with Crippen LogP contribution in [0.4, 0.5) is 11.4 Å². The molecule has 1 saturated heterocycles. The molecule has 2 aromatic rings. The van der Waals surface area contributed by atoms with Crippen LogP contribution in [-0.2, 0) is 42.9 Å². The third-order valence-corrected chi connectivity index (χ3v) is 8.08. The van der Waals surface area contributed by atoms with E-state index in [2.05, 4.69) is 25.8 Å². The van der Waals surface area contributed by atoms with Crippen molar-refractivity contribution in [1.29, 1.82) is 0 Å². The summed E-state index contributed by atoms with van der Waals surface area (Å²) in [5, 5.41) is 19.8. The molecule has 32 heavy (non-hydrogen) atoms. The molecular formula is C22H29N6O3S-. The van der Waals surface area contributed by atoms with Crippen LogP contribution in [0.1, 0.15) is 41.5 Å². The predicted octanol–water partition coefficient (Wildman–Crippen LogP) is 0.983. The molecule has 0 atom stereocenters. The summed E-state index contributed by atoms with van der Waals surface area (Å²) in [5.41, 5.74) is 6.05. The van der Waals surface area contributed by atoms with E-state index in [1.165, 1.54) is 26.3 Å². The molecule has 172 valence electrons. The number of amidine groups is 1. The van der Waals surface area contributed by atoms with Gasteiger partial charge in [0.15, 0.2) is 0 Å². The van der Waals surface area contributed by atoms with E-state index in [0.29, 0.717) is 12.2 Å². The van der Waals surface area contributed by atoms with Crippen LogP contribution in [0.15, 0.2) is 22.9 Å². The van der Waals surface area contributed by atoms with Crippen LogP contribution in [0.3, 0.4) is 0 Å². The second-order valence-electron chi connectivity index (χ2n) is 8.87. The van der Waals surface area contributed by atoms with Gasteiger partial charge in [-0.25, -0.2) is 4.31 Å². The van der Waals surface area contributed by atoms with Crippen LogP contribution < -0.4 is 14.7 Å². The number of fused-ring (bicyclic) bond motifs is 2. The van der Waals surface area contributed by atoms with E-state index in [0.717, 1.165) is 74.8 Å². The van der Waals surface area contributed by atoms with Gasteiger partial charge in [0.1, 0.15) is 0 Å². The van der Waals surface area contributed by atoms with E-state index >= 15 is 0 Å². The molecule has 9 nitrogen and oxygen atoms in total. The monoisotopic (exact) mass is 457 g/mol. The first-order chi connectivity index (χ1) is 15.4. The van der Waals surface area contributed by atoms with Gasteiger partial charge in [-0.15, -0.1) is 4.40 Å². The lowest BCUT2D eigenvalue weighted by atomic mass is 9.99. The highest BCUT2D eigenvalue weighted by Crippen LogP contribution is 2.38. The zero-order valence-electron chi connectivity index (χ0n) is 18.4. The molecule has 1 N–H and O–H groups in total. The Bertz CT molecular complexity index is 1120. The van der Waals surface area contributed by atoms with Crippen LogP contribution in [0.2, 0.25) is 0 Å². The third-order valence-electron chi connectivity index (χ3n) is 6.73. The molecule has 0 amide bonds. The molecule has 0 saturated carbocycles. The Kier molecular flexibility index (Phi) is 5.58. The summed E-state index contributed by atoms with van der Waals surface area (Å²) in [6, 6.07) is 1.44. The van der Waals surface area contributed by atoms with E-state index in [-0.39, 0.29) is 6.54 Å². The molecule has 5 rings (SSSR count). The largest absolute Gasteiger partial charge is 0.845 e. The molecule has 2 aliphatic carbocycles. The van der Waals surface area contributed by atoms with E-state index in [1.807, 2.05) is 0 Å². The molecule has 1 fully saturated rings. The maximum Gasteiger partial charge on any atom is 0.345 e. The van der Waals surface area contributed by atoms with Crippen molar-refractivity contribution in [2.75, 3.05) is 35.8 Å². The normalized spacial score (nSPS) is 18.3. The molecule has 3 aliphatic rings. The first kappa shape index (κ1) is 21.3. The van der Waals surface area contributed by atoms with Crippen LogP contribution in [0.5, 0.6) is 0 Å². The van der Waals surface area contributed by atoms with E-state index < -0.39 is 16.2 Å². The van der Waals surface area contributed by atoms with Crippen molar-refractivity contribution < 1.29 is 13.5 Å². The smallest absolute Gasteiger partial charge is 0.345 e. The molecule has 10 heteroatoms. The Morgan fingerprint density at radius 3 is 2.41 bits per heavy atom. The summed E-state index contributed by atoms with van der Waals surface area (Å²) in [6.07, 6.45) is 10.2. The minimum atomic E-state index is -4.22. The van der Waals surface area contributed by atoms with Crippen molar-refractivity contribution in [2.24, 2.45) is 11.4 Å². The minimum absolute atomic E-state index is 0.223. The molecule has 1 aliphatic heterocycles. The summed E-state index contributed by atoms with van der Waals surface area (Å²) in [6.45, 7) is 2.73. The first-order valence-electron chi connectivity index (χ1n) is 11.3. The Morgan fingerprint density at radius 1 is 1.16 bits per heavy atom. The van der Waals surface area contributed by atoms with Crippen LogP contribution >= 0.6 is 0 Å². The zero-order valence-corrected chi connectivity index (χ0v) is 19.2. The van der Waals surface area contributed by atoms with Crippen LogP contribution in [-0.4, -0.2) is 55.3 Å². The van der Waals surface area contributed by atoms with E-state index in [4.69, 9.17) is 0 Å². The van der Waals surface area contributed by atoms with Crippen LogP contribution in [0, 0.1) is 0 Å². The number of aryl methyl sites for hydroxylation is 3. The van der Waals surface area contributed by atoms with Gasteiger partial charge in [0.05, 0.1) is 17.9 Å². The van der Waals surface area contributed by atoms with Gasteiger partial charge in [-0.1, -0.05) is 6.07 Å². The second-order valence-corrected chi connectivity index (χ2v) is 10.4. The highest BCUT2D eigenvalue weighted by Gasteiger charge is 2.27. The Labute approximate surface area is 188 Å². The van der Waals surface area contributed by atoms with Gasteiger partial charge in [-0.2, -0.15) is 13.5 Å². The first-order valence-corrected chi connectivity index (χ1v) is 12.7. The predicted molar refractivity (Wildman–Crippen MR) is 122 cm³/mol. The van der Waals surface area contributed by atoms with Crippen molar-refractivity contribution in [3.05, 3.63) is 40.7 Å². The molecular weight excluding hydrogens is 428 g/mol. The van der Waals surface area contributed by atoms with Gasteiger partial charge >= 0.3 is 10.2 Å². The maximum absolute atomic E-state index is 13.2. The topological polar surface area (TPSA) is 106 Å². The quantitative estimate of drug-likeness (QED) is 0.491. The van der Waals surface area contributed by atoms with Gasteiger partial charge in [0.25, 0.3) is 0 Å². The third kappa shape index (κ3) is 4.09. The van der Waals surface area contributed by atoms with E-state index in [1.54, 1.807) is 13.2 Å². The Balaban J connectivity index is 1.42. The molecule has 2 heterocycles. The van der Waals surface area contributed by atoms with E-state index in [9.17, 15) is 13.5 Å². The lowest BCUT2D eigenvalue weighted by Crippen LogP contribution is -2.44. The maximum atomic E-state index is 13.2. The average molecular weight is 458 g/mol. The van der Waals surface area contributed by atoms with Crippen molar-refractivity contribution in [3.63, 3.8) is 0 Å². The van der Waals surface area contributed by atoms with Crippen molar-refractivity contribution >= 4 is 27.6 Å². The summed E-state index contributed by atoms with van der Waals surface area (Å²) in [5.74, 6) is 0. The number of hydrogen-bond acceptors (Lipinski definition) is 5. The number of nitrogens with one attached hydrogen (secondary N) is 1. The fraction of sp³-hybridized carbons (Fsp3) is 0.545. The molecule has 0 bridgehead atoms. The Hall–Kier alpha value is -2.59. The molecule has 1 aromatic carbocycles. The van der Waals surface area contributed by atoms with Crippen LogP contribution in [0.25, 0.3) is 0 Å². The van der Waals surface area contributed by atoms with Gasteiger partial charge < -0.3 is 15.3 Å². The van der Waals surface area contributed by atoms with Gasteiger partial charge in [-0.3, -0.25) is 4.68 Å². The molecule has 1 aromatic heterocycles. The minimum Gasteiger partial charge on any atom is -0.845 e. The average Bonchev–Trinajstić information content (AvgIpc) is 3.43. The standard InChI is InChI=1S/C22H30N6O3S/c1-26-15-18(14-23-26)28(12-11-27-9-4-10-27)32(30,31)25-22(29)24-21-19-7-2-5-16(19)13-17-6-3-8-20(17)21/h13-15H,2-12H2,1H3,(H2,24,25,29)/p-1. The lowest BCUT2D eigenvalue weighted by molar-refractivity contribution is -0.213. The summed E-state index contributed by atoms with van der Waals surface area (Å²) >= 11 is 0. The summed E-state index contributed by atoms with van der Waals surface area (Å²) < 4.78 is 32.7. The van der Waals surface area contributed by atoms with Crippen molar-refractivity contribution in [2.45, 2.75) is 44.9 Å². The molecule has 0 unspecified atom stereocenters. The van der Waals surface area contributed by atoms with Gasteiger partial charge in [-0.05, 0) is 80.3 Å². The number of anilines is 2. The fourth-order valence-corrected chi connectivity index (χ4v) is 6.03. The zero-order chi connectivity index (χ0) is 22.3. The number of hydrogen-bond donors (Lipinski definition) is 1. The van der Waals surface area contributed by atoms with Gasteiger partial charge in [0, 0.05) is 32.0 Å². The second kappa shape index (κ2) is 8.40. The SMILES string of the molecule is Cn1cc(N(CCN2CCC2)S(=O)(=O)/N=C(\[O-])Nc2c3c(cc4c2CCC4)CCC3)cn1. The number of benzene rings is 1. The molecule has 0 radical (unpaired) electrons. The van der Waals surface area contributed by atoms with Crippen molar-refractivity contribution in [3.8, 4) is 0 Å². The number of nitrogens with zero attached hydrogens (tertiary/aromatic N) is 5. The number of rotatable bonds is 7. The Morgan fingerprint density at radius 2 is 1.84 bits per heavy atom. The van der Waals surface area contributed by atoms with Crippen molar-refractivity contribution in [1.82, 2.24) is 14.7 Å². The highest BCUT2D eigenvalue weighted by atomic mass is 32.2. The molecule has 0 spiro atoms. The summed E-state index contributed by atoms with van der Waals surface area (Å²) in [4.78, 5) is 2.18. The number of aromatic nitrogens is 2. The van der Waals surface area contributed by atoms with Gasteiger partial charge in [0.2, 0.25) is 0 Å². The number of likely N-dealkylation sites (tertiary alicyclic amines) is 1. The summed E-state index contributed by atoms with van der Waals surface area (Å²) in [7, 11) is -2.50. The lowest BCUT2D eigenvalue weighted by Gasteiger charge is -2.32. The fourth-order valence-electron chi connectivity index (χ4n) is 5.00.